The fraction of sp³-hybridized carbons (Fsp3) is 0.400. The van der Waals surface area contributed by atoms with Gasteiger partial charge in [-0.05, 0) is 46.3 Å². The number of allylic oxidation sites excluding steroid dienone is 4. The van der Waals surface area contributed by atoms with Crippen molar-refractivity contribution in [2.45, 2.75) is 26.2 Å². The van der Waals surface area contributed by atoms with Gasteiger partial charge < -0.3 is 4.90 Å². The van der Waals surface area contributed by atoms with Crippen molar-refractivity contribution in [3.05, 3.63) is 64.1 Å². The number of hydrogen-bond acceptors (Lipinski definition) is 2. The molecule has 0 spiro atoms. The fourth-order valence-corrected chi connectivity index (χ4v) is 4.90. The van der Waals surface area contributed by atoms with Gasteiger partial charge in [0.15, 0.2) is 0 Å². The summed E-state index contributed by atoms with van der Waals surface area (Å²) in [7, 11) is 2.16. The molecule has 3 aliphatic rings. The predicted molar refractivity (Wildman–Crippen MR) is 97.1 cm³/mol. The van der Waals surface area contributed by atoms with Crippen LogP contribution in [0.1, 0.15) is 37.3 Å². The summed E-state index contributed by atoms with van der Waals surface area (Å²) in [6, 6.07) is 5.43. The van der Waals surface area contributed by atoms with E-state index in [1.165, 1.54) is 22.4 Å². The lowest BCUT2D eigenvalue weighted by Crippen LogP contribution is -2.37. The van der Waals surface area contributed by atoms with Crippen molar-refractivity contribution < 1.29 is 4.39 Å². The molecule has 1 aromatic rings. The molecule has 1 heterocycles. The average molecular weight is 327 g/mol. The molecule has 0 bridgehead atoms. The van der Waals surface area contributed by atoms with Gasteiger partial charge in [0, 0.05) is 36.5 Å². The number of benzene rings is 1. The zero-order chi connectivity index (χ0) is 16.4. The minimum Gasteiger partial charge on any atom is -0.374 e. The predicted octanol–water partition coefficient (Wildman–Crippen LogP) is 4.79. The van der Waals surface area contributed by atoms with Crippen LogP contribution in [-0.4, -0.2) is 24.2 Å². The molecule has 1 unspecified atom stereocenters. The summed E-state index contributed by atoms with van der Waals surface area (Å²) in [6.07, 6.45) is 5.40. The van der Waals surface area contributed by atoms with E-state index < -0.39 is 0 Å². The van der Waals surface area contributed by atoms with E-state index in [0.29, 0.717) is 5.75 Å². The molecule has 2 aliphatic carbocycles. The van der Waals surface area contributed by atoms with Gasteiger partial charge in [0.05, 0.1) is 0 Å². The molecule has 23 heavy (non-hydrogen) atoms. The van der Waals surface area contributed by atoms with E-state index in [1.54, 1.807) is 6.07 Å². The number of likely N-dealkylation sites (N-methyl/N-ethyl adjacent to an activating group) is 1. The van der Waals surface area contributed by atoms with E-state index in [9.17, 15) is 4.39 Å². The van der Waals surface area contributed by atoms with E-state index in [1.807, 2.05) is 12.1 Å². The summed E-state index contributed by atoms with van der Waals surface area (Å²) in [6.45, 7) is 5.67. The lowest BCUT2D eigenvalue weighted by Gasteiger charge is -2.42. The highest BCUT2D eigenvalue weighted by atomic mass is 32.1. The van der Waals surface area contributed by atoms with Gasteiger partial charge in [0.2, 0.25) is 0 Å². The first-order chi connectivity index (χ1) is 10.9. The lowest BCUT2D eigenvalue weighted by molar-refractivity contribution is 0.222. The van der Waals surface area contributed by atoms with Crippen LogP contribution in [0.25, 0.3) is 5.57 Å². The van der Waals surface area contributed by atoms with Crippen LogP contribution in [-0.2, 0) is 0 Å². The Kier molecular flexibility index (Phi) is 3.28. The Bertz CT molecular complexity index is 785. The standard InChI is InChI=1S/C20H22FNS/c1-20(2)9-14-17(22(3)11-20)8-7-13-18(14)15(10-23)12-5-4-6-16(21)19(12)13/h4-8,13,23H,9-11H2,1-3H3. The van der Waals surface area contributed by atoms with Gasteiger partial charge >= 0.3 is 0 Å². The van der Waals surface area contributed by atoms with Gasteiger partial charge in [0.1, 0.15) is 5.82 Å². The van der Waals surface area contributed by atoms with Gasteiger partial charge in [-0.3, -0.25) is 0 Å². The summed E-state index contributed by atoms with van der Waals surface area (Å²) < 4.78 is 14.5. The highest BCUT2D eigenvalue weighted by Gasteiger charge is 2.40. The number of thiol groups is 1. The summed E-state index contributed by atoms with van der Waals surface area (Å²) >= 11 is 4.57. The normalized spacial score (nSPS) is 24.7. The Balaban J connectivity index is 1.95. The van der Waals surface area contributed by atoms with E-state index in [0.717, 1.165) is 24.1 Å². The van der Waals surface area contributed by atoms with Crippen molar-refractivity contribution in [3.63, 3.8) is 0 Å². The third-order valence-corrected chi connectivity index (χ3v) is 5.61. The minimum absolute atomic E-state index is 0.0504. The number of fused-ring (bicyclic) bond motifs is 4. The maximum Gasteiger partial charge on any atom is 0.127 e. The molecular weight excluding hydrogens is 305 g/mol. The van der Waals surface area contributed by atoms with Crippen molar-refractivity contribution in [2.24, 2.45) is 5.41 Å². The molecule has 0 aromatic heterocycles. The van der Waals surface area contributed by atoms with Crippen LogP contribution in [0.3, 0.4) is 0 Å². The molecule has 0 saturated heterocycles. The first-order valence-electron chi connectivity index (χ1n) is 8.18. The first kappa shape index (κ1) is 15.1. The summed E-state index contributed by atoms with van der Waals surface area (Å²) in [5.41, 5.74) is 7.29. The molecule has 0 saturated carbocycles. The van der Waals surface area contributed by atoms with Crippen LogP contribution in [0.4, 0.5) is 4.39 Å². The molecular formula is C20H22FNS. The van der Waals surface area contributed by atoms with Crippen LogP contribution < -0.4 is 0 Å². The monoisotopic (exact) mass is 327 g/mol. The van der Waals surface area contributed by atoms with Gasteiger partial charge in [-0.15, -0.1) is 0 Å². The Hall–Kier alpha value is -1.48. The van der Waals surface area contributed by atoms with Gasteiger partial charge in [-0.1, -0.05) is 32.1 Å². The maximum absolute atomic E-state index is 14.5. The molecule has 1 nitrogen and oxygen atoms in total. The highest BCUT2D eigenvalue weighted by Crippen LogP contribution is 2.53. The highest BCUT2D eigenvalue weighted by molar-refractivity contribution is 7.80. The van der Waals surface area contributed by atoms with Crippen molar-refractivity contribution in [1.82, 2.24) is 4.90 Å². The average Bonchev–Trinajstić information content (AvgIpc) is 2.81. The summed E-state index contributed by atoms with van der Waals surface area (Å²) in [5.74, 6) is 0.602. The number of nitrogens with zero attached hydrogens (tertiary/aromatic N) is 1. The third kappa shape index (κ3) is 2.13. The van der Waals surface area contributed by atoms with E-state index in [4.69, 9.17) is 0 Å². The van der Waals surface area contributed by atoms with Crippen LogP contribution >= 0.6 is 12.6 Å². The van der Waals surface area contributed by atoms with Crippen molar-refractivity contribution in [2.75, 3.05) is 19.3 Å². The van der Waals surface area contributed by atoms with Crippen LogP contribution in [0, 0.1) is 11.2 Å². The molecule has 0 N–H and O–H groups in total. The molecule has 120 valence electrons. The number of hydrogen-bond donors (Lipinski definition) is 1. The Morgan fingerprint density at radius 3 is 2.87 bits per heavy atom. The Labute approximate surface area is 143 Å². The van der Waals surface area contributed by atoms with Gasteiger partial charge in [-0.2, -0.15) is 12.6 Å². The largest absolute Gasteiger partial charge is 0.374 e. The lowest BCUT2D eigenvalue weighted by atomic mass is 9.74. The second kappa shape index (κ2) is 5.01. The Morgan fingerprint density at radius 1 is 1.35 bits per heavy atom. The zero-order valence-electron chi connectivity index (χ0n) is 13.9. The Morgan fingerprint density at radius 2 is 2.13 bits per heavy atom. The first-order valence-corrected chi connectivity index (χ1v) is 8.82. The van der Waals surface area contributed by atoms with E-state index >= 15 is 0 Å². The minimum atomic E-state index is -0.0982. The van der Waals surface area contributed by atoms with Crippen molar-refractivity contribution in [3.8, 4) is 0 Å². The molecule has 1 atom stereocenters. The molecule has 1 aliphatic heterocycles. The SMILES string of the molecule is CN1CC(C)(C)CC2=C1C=CC1C2=C(CS)c2cccc(F)c21. The third-order valence-electron chi connectivity index (χ3n) is 5.30. The summed E-state index contributed by atoms with van der Waals surface area (Å²) in [5, 5.41) is 0. The summed E-state index contributed by atoms with van der Waals surface area (Å²) in [4.78, 5) is 2.34. The van der Waals surface area contributed by atoms with Crippen LogP contribution in [0.5, 0.6) is 0 Å². The van der Waals surface area contributed by atoms with Crippen molar-refractivity contribution >= 4 is 18.2 Å². The van der Waals surface area contributed by atoms with Gasteiger partial charge in [-0.25, -0.2) is 4.39 Å². The van der Waals surface area contributed by atoms with Gasteiger partial charge in [0.25, 0.3) is 0 Å². The topological polar surface area (TPSA) is 3.24 Å². The second-order valence-electron chi connectivity index (χ2n) is 7.65. The molecule has 0 amide bonds. The van der Waals surface area contributed by atoms with E-state index in [2.05, 4.69) is 50.6 Å². The molecule has 0 radical (unpaired) electrons. The smallest absolute Gasteiger partial charge is 0.127 e. The molecule has 1 aromatic carbocycles. The van der Waals surface area contributed by atoms with Crippen LogP contribution in [0.2, 0.25) is 0 Å². The fourth-order valence-electron chi connectivity index (χ4n) is 4.56. The van der Waals surface area contributed by atoms with E-state index in [-0.39, 0.29) is 17.2 Å². The van der Waals surface area contributed by atoms with Crippen molar-refractivity contribution in [1.29, 1.82) is 0 Å². The zero-order valence-corrected chi connectivity index (χ0v) is 14.8. The number of halogens is 1. The molecule has 3 heteroatoms. The maximum atomic E-state index is 14.5. The van der Waals surface area contributed by atoms with Crippen LogP contribution in [0.15, 0.2) is 47.2 Å². The number of rotatable bonds is 1. The molecule has 0 fully saturated rings. The quantitative estimate of drug-likeness (QED) is 0.726. The molecule has 4 rings (SSSR count). The second-order valence-corrected chi connectivity index (χ2v) is 7.97.